The summed E-state index contributed by atoms with van der Waals surface area (Å²) in [5, 5.41) is 0. The minimum absolute atomic E-state index is 0.182. The molecule has 0 heterocycles. The van der Waals surface area contributed by atoms with Gasteiger partial charge in [0.1, 0.15) is 6.61 Å². The Hall–Kier alpha value is 0.300. The van der Waals surface area contributed by atoms with E-state index in [4.69, 9.17) is 4.74 Å². The smallest absolute Gasteiger partial charge is 0.339 e. The summed E-state index contributed by atoms with van der Waals surface area (Å²) in [6, 6.07) is 3.63. The zero-order valence-electron chi connectivity index (χ0n) is 10.7. The SMILES string of the molecule is CS(=O)(=O)NC(=O)CCOC(=O)c1cc(I)cc(I)c1I. The third kappa shape index (κ3) is 6.94. The summed E-state index contributed by atoms with van der Waals surface area (Å²) in [5.41, 5.74) is 0.426. The zero-order chi connectivity index (χ0) is 16.2. The van der Waals surface area contributed by atoms with Crippen molar-refractivity contribution < 1.29 is 22.7 Å². The highest BCUT2D eigenvalue weighted by Crippen LogP contribution is 2.23. The molecule has 0 saturated heterocycles. The van der Waals surface area contributed by atoms with Gasteiger partial charge in [-0.1, -0.05) is 0 Å². The quantitative estimate of drug-likeness (QED) is 0.300. The summed E-state index contributed by atoms with van der Waals surface area (Å²) < 4.78 is 31.1. The van der Waals surface area contributed by atoms with Gasteiger partial charge in [-0.05, 0) is 79.9 Å². The molecule has 21 heavy (non-hydrogen) atoms. The predicted molar refractivity (Wildman–Crippen MR) is 102 cm³/mol. The van der Waals surface area contributed by atoms with Gasteiger partial charge in [0.15, 0.2) is 0 Å². The molecule has 116 valence electrons. The van der Waals surface area contributed by atoms with Crippen LogP contribution >= 0.6 is 67.8 Å². The number of nitrogens with one attached hydrogen (secondary N) is 1. The second-order valence-corrected chi connectivity index (χ2v) is 9.17. The van der Waals surface area contributed by atoms with Gasteiger partial charge in [-0.15, -0.1) is 0 Å². The van der Waals surface area contributed by atoms with E-state index in [9.17, 15) is 18.0 Å². The van der Waals surface area contributed by atoms with Gasteiger partial charge >= 0.3 is 5.97 Å². The molecule has 0 bridgehead atoms. The van der Waals surface area contributed by atoms with Crippen molar-refractivity contribution in [2.24, 2.45) is 0 Å². The highest BCUT2D eigenvalue weighted by Gasteiger charge is 2.16. The lowest BCUT2D eigenvalue weighted by Gasteiger charge is -2.08. The van der Waals surface area contributed by atoms with Crippen LogP contribution in [0.3, 0.4) is 0 Å². The molecule has 0 spiro atoms. The molecule has 0 aliphatic carbocycles. The van der Waals surface area contributed by atoms with Gasteiger partial charge in [0.25, 0.3) is 0 Å². The zero-order valence-corrected chi connectivity index (χ0v) is 17.9. The Labute approximate surface area is 163 Å². The average molecular weight is 649 g/mol. The number of hydrogen-bond donors (Lipinski definition) is 1. The Balaban J connectivity index is 2.61. The maximum atomic E-state index is 12.0. The first-order valence-corrected chi connectivity index (χ1v) is 10.5. The summed E-state index contributed by atoms with van der Waals surface area (Å²) in [6.45, 7) is -0.182. The molecule has 0 aromatic heterocycles. The molecular weight excluding hydrogens is 639 g/mol. The van der Waals surface area contributed by atoms with Gasteiger partial charge in [0.2, 0.25) is 15.9 Å². The number of esters is 1. The number of ether oxygens (including phenoxy) is 1. The van der Waals surface area contributed by atoms with E-state index in [-0.39, 0.29) is 13.0 Å². The molecule has 0 aliphatic rings. The van der Waals surface area contributed by atoms with Crippen LogP contribution in [0.15, 0.2) is 12.1 Å². The Bertz CT molecular complexity index is 675. The molecule has 0 fully saturated rings. The third-order valence-corrected chi connectivity index (χ3v) is 6.34. The van der Waals surface area contributed by atoms with Crippen LogP contribution in [0.5, 0.6) is 0 Å². The number of benzene rings is 1. The number of amides is 1. The largest absolute Gasteiger partial charge is 0.462 e. The molecule has 0 unspecified atom stereocenters. The van der Waals surface area contributed by atoms with Gasteiger partial charge in [-0.2, -0.15) is 0 Å². The topological polar surface area (TPSA) is 89.5 Å². The van der Waals surface area contributed by atoms with Crippen molar-refractivity contribution in [1.29, 1.82) is 0 Å². The fourth-order valence-electron chi connectivity index (χ4n) is 1.28. The maximum absolute atomic E-state index is 12.0. The van der Waals surface area contributed by atoms with Crippen LogP contribution < -0.4 is 4.72 Å². The lowest BCUT2D eigenvalue weighted by molar-refractivity contribution is -0.119. The average Bonchev–Trinajstić information content (AvgIpc) is 2.31. The van der Waals surface area contributed by atoms with Crippen LogP contribution in [0.1, 0.15) is 16.8 Å². The van der Waals surface area contributed by atoms with Crippen LogP contribution in [-0.4, -0.2) is 33.2 Å². The Morgan fingerprint density at radius 3 is 2.43 bits per heavy atom. The van der Waals surface area contributed by atoms with Crippen molar-refractivity contribution in [3.05, 3.63) is 28.4 Å². The monoisotopic (exact) mass is 649 g/mol. The Morgan fingerprint density at radius 2 is 1.86 bits per heavy atom. The minimum Gasteiger partial charge on any atom is -0.462 e. The van der Waals surface area contributed by atoms with E-state index in [0.29, 0.717) is 5.56 Å². The first-order valence-electron chi connectivity index (χ1n) is 5.42. The summed E-state index contributed by atoms with van der Waals surface area (Å²) in [6.07, 6.45) is 0.670. The Kier molecular flexibility index (Phi) is 7.59. The summed E-state index contributed by atoms with van der Waals surface area (Å²) in [7, 11) is -3.59. The van der Waals surface area contributed by atoms with Gasteiger partial charge in [-0.25, -0.2) is 13.2 Å². The second kappa shape index (κ2) is 8.24. The van der Waals surface area contributed by atoms with E-state index < -0.39 is 21.9 Å². The van der Waals surface area contributed by atoms with Crippen LogP contribution in [0.4, 0.5) is 0 Å². The lowest BCUT2D eigenvalue weighted by Crippen LogP contribution is -2.30. The van der Waals surface area contributed by atoms with Crippen molar-refractivity contribution in [3.63, 3.8) is 0 Å². The molecular formula is C11H10I3NO5S. The number of hydrogen-bond acceptors (Lipinski definition) is 5. The molecule has 1 amide bonds. The highest BCUT2D eigenvalue weighted by atomic mass is 127. The molecule has 10 heteroatoms. The lowest BCUT2D eigenvalue weighted by atomic mass is 10.2. The van der Waals surface area contributed by atoms with Crippen molar-refractivity contribution >= 4 is 89.7 Å². The number of rotatable bonds is 5. The van der Waals surface area contributed by atoms with Gasteiger partial charge < -0.3 is 4.74 Å². The first-order chi connectivity index (χ1) is 9.60. The van der Waals surface area contributed by atoms with Gasteiger partial charge in [0, 0.05) is 10.7 Å². The fraction of sp³-hybridized carbons (Fsp3) is 0.273. The molecule has 1 N–H and O–H groups in total. The first kappa shape index (κ1) is 19.3. The van der Waals surface area contributed by atoms with E-state index in [1.807, 2.05) is 28.7 Å². The number of sulfonamides is 1. The molecule has 6 nitrogen and oxygen atoms in total. The van der Waals surface area contributed by atoms with Crippen LogP contribution in [0.2, 0.25) is 0 Å². The standard InChI is InChI=1S/C11H10I3NO5S/c1-21(18,19)15-9(16)2-3-20-11(17)7-4-6(12)5-8(13)10(7)14/h4-5H,2-3H2,1H3,(H,15,16). The molecule has 1 rings (SSSR count). The number of carbonyl (C=O) groups excluding carboxylic acids is 2. The predicted octanol–water partition coefficient (Wildman–Crippen LogP) is 2.12. The van der Waals surface area contributed by atoms with Crippen LogP contribution in [0.25, 0.3) is 0 Å². The van der Waals surface area contributed by atoms with Crippen molar-refractivity contribution in [2.75, 3.05) is 12.9 Å². The van der Waals surface area contributed by atoms with Crippen molar-refractivity contribution in [2.45, 2.75) is 6.42 Å². The van der Waals surface area contributed by atoms with Crippen LogP contribution in [0, 0.1) is 10.7 Å². The van der Waals surface area contributed by atoms with E-state index in [1.54, 1.807) is 10.8 Å². The van der Waals surface area contributed by atoms with Crippen molar-refractivity contribution in [3.8, 4) is 0 Å². The normalized spacial score (nSPS) is 11.0. The van der Waals surface area contributed by atoms with E-state index >= 15 is 0 Å². The number of carbonyl (C=O) groups is 2. The molecule has 0 saturated carbocycles. The summed E-state index contributed by atoms with van der Waals surface area (Å²) in [5.74, 6) is -1.25. The second-order valence-electron chi connectivity index (χ2n) is 3.93. The number of halogens is 3. The fourth-order valence-corrected chi connectivity index (χ4v) is 4.17. The molecule has 0 radical (unpaired) electrons. The van der Waals surface area contributed by atoms with Gasteiger partial charge in [-0.3, -0.25) is 9.52 Å². The van der Waals surface area contributed by atoms with E-state index in [2.05, 4.69) is 45.2 Å². The molecule has 1 aromatic rings. The highest BCUT2D eigenvalue weighted by molar-refractivity contribution is 14.1. The minimum atomic E-state index is -3.59. The summed E-state index contributed by atoms with van der Waals surface area (Å²) in [4.78, 5) is 23.2. The van der Waals surface area contributed by atoms with E-state index in [0.717, 1.165) is 17.0 Å². The third-order valence-electron chi connectivity index (χ3n) is 2.07. The van der Waals surface area contributed by atoms with Crippen LogP contribution in [-0.2, 0) is 19.6 Å². The molecule has 0 aliphatic heterocycles. The van der Waals surface area contributed by atoms with Crippen molar-refractivity contribution in [1.82, 2.24) is 4.72 Å². The van der Waals surface area contributed by atoms with E-state index in [1.165, 1.54) is 0 Å². The Morgan fingerprint density at radius 1 is 1.24 bits per heavy atom. The summed E-state index contributed by atoms with van der Waals surface area (Å²) >= 11 is 6.27. The van der Waals surface area contributed by atoms with Gasteiger partial charge in [0.05, 0.1) is 18.2 Å². The molecule has 0 atom stereocenters. The maximum Gasteiger partial charge on any atom is 0.339 e. The molecule has 1 aromatic carbocycles.